The topological polar surface area (TPSA) is 156 Å². The Morgan fingerprint density at radius 3 is 2.35 bits per heavy atom. The summed E-state index contributed by atoms with van der Waals surface area (Å²) in [7, 11) is 2.99. The van der Waals surface area contributed by atoms with Crippen molar-refractivity contribution >= 4 is 46.8 Å². The fraction of sp³-hybridized carbons (Fsp3) is 0.296. The van der Waals surface area contributed by atoms with Crippen molar-refractivity contribution in [3.05, 3.63) is 76.6 Å². The summed E-state index contributed by atoms with van der Waals surface area (Å²) in [5.41, 5.74) is 0.521. The summed E-state index contributed by atoms with van der Waals surface area (Å²) in [6.45, 7) is 0.190. The van der Waals surface area contributed by atoms with Crippen LogP contribution < -0.4 is 15.7 Å². The number of amides is 3. The first-order valence-electron chi connectivity index (χ1n) is 12.1. The van der Waals surface area contributed by atoms with Crippen molar-refractivity contribution in [2.24, 2.45) is 0 Å². The third-order valence-electron chi connectivity index (χ3n) is 5.51. The van der Waals surface area contributed by atoms with Crippen LogP contribution in [-0.2, 0) is 20.7 Å². The van der Waals surface area contributed by atoms with Crippen LogP contribution in [-0.4, -0.2) is 83.9 Å². The molecule has 212 valence electrons. The number of carbonyl (C=O) groups is 4. The average molecular weight is 572 g/mol. The van der Waals surface area contributed by atoms with E-state index in [0.29, 0.717) is 5.39 Å². The van der Waals surface area contributed by atoms with E-state index in [4.69, 9.17) is 13.9 Å². The fourth-order valence-corrected chi connectivity index (χ4v) is 4.10. The molecule has 1 atom stereocenters. The summed E-state index contributed by atoms with van der Waals surface area (Å²) in [6.07, 6.45) is -1.29. The predicted molar refractivity (Wildman–Crippen MR) is 147 cm³/mol. The van der Waals surface area contributed by atoms with Crippen LogP contribution in [0.4, 0.5) is 9.59 Å². The third kappa shape index (κ3) is 9.34. The zero-order valence-electron chi connectivity index (χ0n) is 21.9. The monoisotopic (exact) mass is 571 g/mol. The van der Waals surface area contributed by atoms with Crippen molar-refractivity contribution in [2.75, 3.05) is 39.5 Å². The van der Waals surface area contributed by atoms with E-state index in [9.17, 15) is 29.1 Å². The molecule has 2 N–H and O–H groups in total. The number of ether oxygens (including phenoxy) is 2. The van der Waals surface area contributed by atoms with E-state index in [-0.39, 0.29) is 43.2 Å². The van der Waals surface area contributed by atoms with Crippen molar-refractivity contribution in [1.29, 1.82) is 0 Å². The van der Waals surface area contributed by atoms with Crippen LogP contribution in [0.15, 0.2) is 69.9 Å². The molecule has 0 saturated carbocycles. The van der Waals surface area contributed by atoms with Gasteiger partial charge in [-0.1, -0.05) is 30.3 Å². The maximum atomic E-state index is 12.4. The number of likely N-dealkylation sites (N-methyl/N-ethyl adjacent to an activating group) is 2. The molecule has 0 saturated heterocycles. The molecule has 0 bridgehead atoms. The molecule has 1 heterocycles. The van der Waals surface area contributed by atoms with Gasteiger partial charge in [0.05, 0.1) is 6.42 Å². The van der Waals surface area contributed by atoms with Crippen molar-refractivity contribution in [3.63, 3.8) is 0 Å². The Hall–Kier alpha value is -4.52. The molecule has 0 aliphatic heterocycles. The van der Waals surface area contributed by atoms with Gasteiger partial charge in [0.1, 0.15) is 17.9 Å². The van der Waals surface area contributed by atoms with Crippen LogP contribution in [0.2, 0.25) is 0 Å². The number of carbonyl (C=O) groups excluding carboxylic acids is 3. The highest BCUT2D eigenvalue weighted by Gasteiger charge is 2.21. The quantitative estimate of drug-likeness (QED) is 0.188. The largest absolute Gasteiger partial charge is 0.479 e. The smallest absolute Gasteiger partial charge is 0.415 e. The number of hydrogen-bond donors (Lipinski definition) is 2. The number of nitrogens with zero attached hydrogens (tertiary/aromatic N) is 2. The van der Waals surface area contributed by atoms with Crippen LogP contribution >= 0.6 is 11.8 Å². The van der Waals surface area contributed by atoms with Gasteiger partial charge in [0.25, 0.3) is 0 Å². The van der Waals surface area contributed by atoms with E-state index in [1.54, 1.807) is 42.5 Å². The molecule has 12 nitrogen and oxygen atoms in total. The number of benzene rings is 2. The van der Waals surface area contributed by atoms with E-state index in [1.807, 2.05) is 6.07 Å². The van der Waals surface area contributed by atoms with E-state index < -0.39 is 35.1 Å². The van der Waals surface area contributed by atoms with Crippen molar-refractivity contribution in [1.82, 2.24) is 15.1 Å². The number of hydrogen-bond acceptors (Lipinski definition) is 9. The molecule has 3 rings (SSSR count). The molecule has 40 heavy (non-hydrogen) atoms. The van der Waals surface area contributed by atoms with Gasteiger partial charge in [-0.05, 0) is 23.8 Å². The molecular formula is C27H29N3O9S. The van der Waals surface area contributed by atoms with Gasteiger partial charge in [0.2, 0.25) is 5.91 Å². The van der Waals surface area contributed by atoms with E-state index in [1.165, 1.54) is 36.0 Å². The zero-order valence-corrected chi connectivity index (χ0v) is 22.7. The summed E-state index contributed by atoms with van der Waals surface area (Å²) < 4.78 is 15.6. The second-order valence-electron chi connectivity index (χ2n) is 8.60. The second kappa shape index (κ2) is 14.6. The van der Waals surface area contributed by atoms with Gasteiger partial charge >= 0.3 is 23.8 Å². The van der Waals surface area contributed by atoms with Crippen molar-refractivity contribution in [3.8, 4) is 5.75 Å². The highest BCUT2D eigenvalue weighted by Crippen LogP contribution is 2.20. The minimum atomic E-state index is -1.21. The first kappa shape index (κ1) is 30.0. The number of thioether (sulfide) groups is 1. The maximum Gasteiger partial charge on any atom is 0.415 e. The van der Waals surface area contributed by atoms with Gasteiger partial charge in [0, 0.05) is 50.5 Å². The highest BCUT2D eigenvalue weighted by molar-refractivity contribution is 8.00. The van der Waals surface area contributed by atoms with Crippen LogP contribution in [0.1, 0.15) is 5.56 Å². The number of carboxylic acid groups (broad SMARTS) is 1. The first-order chi connectivity index (χ1) is 19.1. The lowest BCUT2D eigenvalue weighted by atomic mass is 10.1. The number of fused-ring (bicyclic) bond motifs is 1. The normalized spacial score (nSPS) is 11.3. The Balaban J connectivity index is 1.36. The lowest BCUT2D eigenvalue weighted by Gasteiger charge is -2.22. The van der Waals surface area contributed by atoms with Crippen LogP contribution in [0.5, 0.6) is 5.75 Å². The molecule has 1 aromatic heterocycles. The Morgan fingerprint density at radius 1 is 0.975 bits per heavy atom. The van der Waals surface area contributed by atoms with Gasteiger partial charge in [-0.3, -0.25) is 4.79 Å². The molecule has 3 amide bonds. The average Bonchev–Trinajstić information content (AvgIpc) is 2.93. The fourth-order valence-electron chi connectivity index (χ4n) is 3.32. The SMILES string of the molecule is CN(CCN(C)C(=O)Oc1ccc2ccc(=O)oc2c1)C(=O)OCCSC(NC(=O)Cc1ccccc1)C(=O)O. The van der Waals surface area contributed by atoms with Gasteiger partial charge < -0.3 is 34.1 Å². The highest BCUT2D eigenvalue weighted by atomic mass is 32.2. The molecule has 2 aromatic carbocycles. The van der Waals surface area contributed by atoms with E-state index in [0.717, 1.165) is 17.3 Å². The third-order valence-corrected chi connectivity index (χ3v) is 6.57. The van der Waals surface area contributed by atoms with Crippen molar-refractivity contribution in [2.45, 2.75) is 11.8 Å². The predicted octanol–water partition coefficient (Wildman–Crippen LogP) is 2.79. The van der Waals surface area contributed by atoms with Gasteiger partial charge in [-0.25, -0.2) is 19.2 Å². The molecule has 0 aliphatic rings. The maximum absolute atomic E-state index is 12.4. The van der Waals surface area contributed by atoms with E-state index in [2.05, 4.69) is 5.32 Å². The van der Waals surface area contributed by atoms with Crippen molar-refractivity contribution < 1.29 is 38.2 Å². The molecule has 0 fully saturated rings. The summed E-state index contributed by atoms with van der Waals surface area (Å²) in [5, 5.41) is 11.3. The summed E-state index contributed by atoms with van der Waals surface area (Å²) in [5.74, 6) is -1.31. The van der Waals surface area contributed by atoms with Gasteiger partial charge in [-0.15, -0.1) is 11.8 Å². The molecule has 13 heteroatoms. The van der Waals surface area contributed by atoms with E-state index >= 15 is 0 Å². The van der Waals surface area contributed by atoms with Crippen LogP contribution in [0.3, 0.4) is 0 Å². The number of aliphatic carboxylic acids is 1. The molecular weight excluding hydrogens is 542 g/mol. The number of rotatable bonds is 12. The van der Waals surface area contributed by atoms with Crippen LogP contribution in [0, 0.1) is 0 Å². The molecule has 0 aliphatic carbocycles. The summed E-state index contributed by atoms with van der Waals surface area (Å²) >= 11 is 0.926. The second-order valence-corrected chi connectivity index (χ2v) is 9.81. The first-order valence-corrected chi connectivity index (χ1v) is 13.2. The minimum absolute atomic E-state index is 0.0489. The number of nitrogens with one attached hydrogen (secondary N) is 1. The Labute approximate surface area is 233 Å². The standard InChI is InChI=1S/C27H29N3O9S/c1-29(12-13-30(2)27(36)38-20-10-8-19-9-11-23(32)39-21(19)17-20)26(35)37-14-15-40-24(25(33)34)28-22(31)16-18-6-4-3-5-7-18/h3-11,17,24H,12-16H2,1-2H3,(H,28,31)(H,33,34). The zero-order chi connectivity index (χ0) is 29.1. The lowest BCUT2D eigenvalue weighted by Crippen LogP contribution is -2.40. The van der Waals surface area contributed by atoms with Crippen LogP contribution in [0.25, 0.3) is 11.0 Å². The summed E-state index contributed by atoms with van der Waals surface area (Å²) in [6, 6.07) is 16.5. The molecule has 1 unspecified atom stereocenters. The lowest BCUT2D eigenvalue weighted by molar-refractivity contribution is -0.139. The minimum Gasteiger partial charge on any atom is -0.479 e. The molecule has 0 radical (unpaired) electrons. The summed E-state index contributed by atoms with van der Waals surface area (Å²) in [4.78, 5) is 62.3. The Kier molecular flexibility index (Phi) is 10.9. The van der Waals surface area contributed by atoms with Gasteiger partial charge in [-0.2, -0.15) is 0 Å². The Morgan fingerprint density at radius 2 is 1.65 bits per heavy atom. The Bertz CT molecular complexity index is 1400. The molecule has 0 spiro atoms. The number of carboxylic acids is 1. The molecule has 3 aromatic rings. The van der Waals surface area contributed by atoms with Gasteiger partial charge in [0.15, 0.2) is 5.37 Å².